The topological polar surface area (TPSA) is 45.2 Å². The zero-order chi connectivity index (χ0) is 12.4. The molecule has 2 aliphatic rings. The van der Waals surface area contributed by atoms with Crippen molar-refractivity contribution in [3.8, 4) is 0 Å². The molecule has 0 saturated carbocycles. The van der Waals surface area contributed by atoms with Gasteiger partial charge in [-0.05, 0) is 44.5 Å². The van der Waals surface area contributed by atoms with E-state index in [2.05, 4.69) is 10.3 Å². The summed E-state index contributed by atoms with van der Waals surface area (Å²) in [6, 6.07) is 5.87. The van der Waals surface area contributed by atoms with Gasteiger partial charge in [0, 0.05) is 12.7 Å². The number of likely N-dealkylation sites (tertiary alicyclic amines) is 1. The van der Waals surface area contributed by atoms with E-state index < -0.39 is 0 Å². The lowest BCUT2D eigenvalue weighted by atomic mass is 9.78. The summed E-state index contributed by atoms with van der Waals surface area (Å²) >= 11 is 0. The summed E-state index contributed by atoms with van der Waals surface area (Å²) in [4.78, 5) is 18.8. The van der Waals surface area contributed by atoms with Crippen LogP contribution < -0.4 is 5.32 Å². The maximum Gasteiger partial charge on any atom is 0.229 e. The number of nitrogens with one attached hydrogen (secondary N) is 1. The van der Waals surface area contributed by atoms with Crippen molar-refractivity contribution in [2.45, 2.75) is 25.8 Å². The molecule has 4 heteroatoms. The van der Waals surface area contributed by atoms with Crippen LogP contribution in [-0.4, -0.2) is 35.4 Å². The van der Waals surface area contributed by atoms with E-state index in [4.69, 9.17) is 0 Å². The number of piperidine rings is 1. The van der Waals surface area contributed by atoms with E-state index in [1.54, 1.807) is 6.20 Å². The number of aromatic nitrogens is 1. The fourth-order valence-electron chi connectivity index (χ4n) is 3.10. The minimum atomic E-state index is -0.0694. The Morgan fingerprint density at radius 1 is 1.28 bits per heavy atom. The number of rotatable bonds is 2. The first kappa shape index (κ1) is 11.7. The third-order valence-corrected chi connectivity index (χ3v) is 4.24. The van der Waals surface area contributed by atoms with E-state index >= 15 is 0 Å². The van der Waals surface area contributed by atoms with E-state index in [1.165, 1.54) is 0 Å². The molecule has 2 fully saturated rings. The number of carbonyl (C=O) groups is 1. The fraction of sp³-hybridized carbons (Fsp3) is 0.571. The van der Waals surface area contributed by atoms with E-state index in [0.29, 0.717) is 12.5 Å². The van der Waals surface area contributed by atoms with Crippen LogP contribution in [0.1, 0.15) is 25.0 Å². The van der Waals surface area contributed by atoms with Crippen LogP contribution in [0.3, 0.4) is 0 Å². The van der Waals surface area contributed by atoms with Crippen LogP contribution in [0, 0.1) is 5.41 Å². The van der Waals surface area contributed by atoms with Gasteiger partial charge in [-0.25, -0.2) is 0 Å². The van der Waals surface area contributed by atoms with E-state index in [-0.39, 0.29) is 5.41 Å². The molecule has 0 radical (unpaired) electrons. The highest BCUT2D eigenvalue weighted by molar-refractivity contribution is 5.85. The number of hydrogen-bond acceptors (Lipinski definition) is 3. The van der Waals surface area contributed by atoms with Gasteiger partial charge in [0.25, 0.3) is 0 Å². The largest absolute Gasteiger partial charge is 0.336 e. The summed E-state index contributed by atoms with van der Waals surface area (Å²) < 4.78 is 0. The average molecular weight is 245 g/mol. The van der Waals surface area contributed by atoms with Crippen molar-refractivity contribution in [1.29, 1.82) is 0 Å². The first-order chi connectivity index (χ1) is 8.80. The van der Waals surface area contributed by atoms with Gasteiger partial charge in [0.2, 0.25) is 5.91 Å². The Hall–Kier alpha value is -1.42. The zero-order valence-corrected chi connectivity index (χ0v) is 10.6. The number of pyridine rings is 1. The lowest BCUT2D eigenvalue weighted by molar-refractivity contribution is -0.137. The second-order valence-electron chi connectivity index (χ2n) is 5.33. The molecule has 1 amide bonds. The number of amides is 1. The summed E-state index contributed by atoms with van der Waals surface area (Å²) in [5.41, 5.74) is 0.914. The average Bonchev–Trinajstić information content (AvgIpc) is 2.71. The highest BCUT2D eigenvalue weighted by atomic mass is 16.2. The highest BCUT2D eigenvalue weighted by Gasteiger charge is 2.46. The SMILES string of the molecule is O=C1N(Cc2ccccn2)CCC12CCNCC2. The Morgan fingerprint density at radius 2 is 2.11 bits per heavy atom. The van der Waals surface area contributed by atoms with Gasteiger partial charge in [0.1, 0.15) is 0 Å². The number of hydrogen-bond donors (Lipinski definition) is 1. The Balaban J connectivity index is 1.71. The number of nitrogens with zero attached hydrogens (tertiary/aromatic N) is 2. The molecular formula is C14H19N3O. The lowest BCUT2D eigenvalue weighted by Gasteiger charge is -2.32. The van der Waals surface area contributed by atoms with Gasteiger partial charge >= 0.3 is 0 Å². The molecule has 4 nitrogen and oxygen atoms in total. The monoisotopic (exact) mass is 245 g/mol. The summed E-state index contributed by atoms with van der Waals surface area (Å²) in [6.07, 6.45) is 4.78. The summed E-state index contributed by atoms with van der Waals surface area (Å²) in [7, 11) is 0. The third-order valence-electron chi connectivity index (χ3n) is 4.24. The van der Waals surface area contributed by atoms with Crippen molar-refractivity contribution in [2.75, 3.05) is 19.6 Å². The van der Waals surface area contributed by atoms with Crippen molar-refractivity contribution in [3.63, 3.8) is 0 Å². The molecular weight excluding hydrogens is 226 g/mol. The van der Waals surface area contributed by atoms with Gasteiger partial charge in [0.15, 0.2) is 0 Å². The van der Waals surface area contributed by atoms with E-state index in [1.807, 2.05) is 23.1 Å². The Bertz CT molecular complexity index is 426. The molecule has 18 heavy (non-hydrogen) atoms. The zero-order valence-electron chi connectivity index (χ0n) is 10.6. The van der Waals surface area contributed by atoms with Crippen LogP contribution >= 0.6 is 0 Å². The Labute approximate surface area is 107 Å². The van der Waals surface area contributed by atoms with Crippen molar-refractivity contribution >= 4 is 5.91 Å². The van der Waals surface area contributed by atoms with Crippen molar-refractivity contribution < 1.29 is 4.79 Å². The Morgan fingerprint density at radius 3 is 2.83 bits per heavy atom. The van der Waals surface area contributed by atoms with E-state index in [0.717, 1.165) is 44.6 Å². The first-order valence-corrected chi connectivity index (χ1v) is 6.70. The normalized spacial score (nSPS) is 22.7. The third kappa shape index (κ3) is 2.01. The molecule has 0 bridgehead atoms. The van der Waals surface area contributed by atoms with Crippen molar-refractivity contribution in [1.82, 2.24) is 15.2 Å². The smallest absolute Gasteiger partial charge is 0.229 e. The standard InChI is InChI=1S/C14H19N3O/c18-13-14(4-8-15-9-5-14)6-10-17(13)11-12-3-1-2-7-16-12/h1-3,7,15H,4-6,8-11H2. The molecule has 3 heterocycles. The van der Waals surface area contributed by atoms with Gasteiger partial charge in [0.05, 0.1) is 17.7 Å². The predicted octanol–water partition coefficient (Wildman–Crippen LogP) is 1.18. The van der Waals surface area contributed by atoms with Crippen LogP contribution in [0.15, 0.2) is 24.4 Å². The molecule has 1 aromatic heterocycles. The molecule has 0 aromatic carbocycles. The van der Waals surface area contributed by atoms with Crippen molar-refractivity contribution in [2.24, 2.45) is 5.41 Å². The minimum absolute atomic E-state index is 0.0694. The minimum Gasteiger partial charge on any atom is -0.336 e. The second-order valence-corrected chi connectivity index (χ2v) is 5.33. The fourth-order valence-corrected chi connectivity index (χ4v) is 3.10. The molecule has 3 rings (SSSR count). The maximum atomic E-state index is 12.6. The van der Waals surface area contributed by atoms with Crippen LogP contribution in [0.5, 0.6) is 0 Å². The highest BCUT2D eigenvalue weighted by Crippen LogP contribution is 2.40. The van der Waals surface area contributed by atoms with E-state index in [9.17, 15) is 4.79 Å². The van der Waals surface area contributed by atoms with Gasteiger partial charge < -0.3 is 10.2 Å². The Kier molecular flexibility index (Phi) is 3.04. The van der Waals surface area contributed by atoms with Crippen LogP contribution in [0.4, 0.5) is 0 Å². The molecule has 1 aromatic rings. The molecule has 1 N–H and O–H groups in total. The second kappa shape index (κ2) is 4.69. The summed E-state index contributed by atoms with van der Waals surface area (Å²) in [6.45, 7) is 3.50. The molecule has 96 valence electrons. The van der Waals surface area contributed by atoms with Gasteiger partial charge in [-0.1, -0.05) is 6.07 Å². The van der Waals surface area contributed by atoms with Crippen LogP contribution in [0.2, 0.25) is 0 Å². The van der Waals surface area contributed by atoms with Gasteiger partial charge in [-0.3, -0.25) is 9.78 Å². The lowest BCUT2D eigenvalue weighted by Crippen LogP contribution is -2.42. The summed E-state index contributed by atoms with van der Waals surface area (Å²) in [5, 5.41) is 3.34. The quantitative estimate of drug-likeness (QED) is 0.851. The molecule has 2 saturated heterocycles. The molecule has 0 aliphatic carbocycles. The van der Waals surface area contributed by atoms with Gasteiger partial charge in [-0.2, -0.15) is 0 Å². The first-order valence-electron chi connectivity index (χ1n) is 6.70. The summed E-state index contributed by atoms with van der Waals surface area (Å²) in [5.74, 6) is 0.342. The van der Waals surface area contributed by atoms with Crippen LogP contribution in [-0.2, 0) is 11.3 Å². The predicted molar refractivity (Wildman–Crippen MR) is 68.8 cm³/mol. The molecule has 2 aliphatic heterocycles. The molecule has 1 spiro atoms. The van der Waals surface area contributed by atoms with Gasteiger partial charge in [-0.15, -0.1) is 0 Å². The molecule has 0 atom stereocenters. The van der Waals surface area contributed by atoms with Crippen molar-refractivity contribution in [3.05, 3.63) is 30.1 Å². The van der Waals surface area contributed by atoms with Crippen LogP contribution in [0.25, 0.3) is 0 Å². The molecule has 0 unspecified atom stereocenters. The maximum absolute atomic E-state index is 12.6. The number of carbonyl (C=O) groups excluding carboxylic acids is 1.